The third kappa shape index (κ3) is 4.81. The van der Waals surface area contributed by atoms with E-state index in [1.54, 1.807) is 42.6 Å². The van der Waals surface area contributed by atoms with Gasteiger partial charge in [-0.15, -0.1) is 0 Å². The molecule has 0 saturated heterocycles. The number of hydrogen-bond donors (Lipinski definition) is 2. The van der Waals surface area contributed by atoms with Gasteiger partial charge in [0.1, 0.15) is 0 Å². The van der Waals surface area contributed by atoms with E-state index in [4.69, 9.17) is 0 Å². The van der Waals surface area contributed by atoms with Gasteiger partial charge in [-0.1, -0.05) is 18.2 Å². The highest BCUT2D eigenvalue weighted by Crippen LogP contribution is 2.22. The lowest BCUT2D eigenvalue weighted by Gasteiger charge is -2.10. The van der Waals surface area contributed by atoms with Gasteiger partial charge in [-0.05, 0) is 43.3 Å². The van der Waals surface area contributed by atoms with Crippen molar-refractivity contribution in [3.8, 4) is 0 Å². The summed E-state index contributed by atoms with van der Waals surface area (Å²) in [7, 11) is 0. The summed E-state index contributed by atoms with van der Waals surface area (Å²) < 4.78 is 0. The van der Waals surface area contributed by atoms with Crippen LogP contribution in [-0.4, -0.2) is 21.7 Å². The predicted octanol–water partition coefficient (Wildman–Crippen LogP) is 3.48. The smallest absolute Gasteiger partial charge is 0.273 e. The summed E-state index contributed by atoms with van der Waals surface area (Å²) in [6, 6.07) is 16.2. The van der Waals surface area contributed by atoms with Crippen molar-refractivity contribution in [1.82, 2.24) is 10.3 Å². The summed E-state index contributed by atoms with van der Waals surface area (Å²) in [5.74, 6) is -0.796. The molecule has 0 saturated carbocycles. The van der Waals surface area contributed by atoms with Gasteiger partial charge in [0.05, 0.1) is 17.2 Å². The Morgan fingerprint density at radius 1 is 1.03 bits per heavy atom. The first kappa shape index (κ1) is 19.7. The van der Waals surface area contributed by atoms with Gasteiger partial charge in [0.15, 0.2) is 0 Å². The van der Waals surface area contributed by atoms with Gasteiger partial charge in [0.2, 0.25) is 0 Å². The Bertz CT molecular complexity index is 1070. The van der Waals surface area contributed by atoms with Crippen LogP contribution < -0.4 is 10.6 Å². The molecular weight excluding hydrogens is 372 g/mol. The second kappa shape index (κ2) is 8.75. The van der Waals surface area contributed by atoms with Crippen LogP contribution in [0.1, 0.15) is 32.0 Å². The third-order valence-electron chi connectivity index (χ3n) is 4.29. The number of carbonyl (C=O) groups excluding carboxylic acids is 2. The lowest BCUT2D eigenvalue weighted by atomic mass is 10.1. The van der Waals surface area contributed by atoms with E-state index in [9.17, 15) is 19.7 Å². The number of rotatable bonds is 6. The number of benzene rings is 2. The van der Waals surface area contributed by atoms with Crippen LogP contribution in [0, 0.1) is 17.0 Å². The molecule has 2 aromatic carbocycles. The maximum atomic E-state index is 12.6. The van der Waals surface area contributed by atoms with E-state index < -0.39 is 10.8 Å². The van der Waals surface area contributed by atoms with Crippen molar-refractivity contribution in [3.05, 3.63) is 99.4 Å². The fraction of sp³-hybridized carbons (Fsp3) is 0.0952. The quantitative estimate of drug-likeness (QED) is 0.494. The lowest BCUT2D eigenvalue weighted by molar-refractivity contribution is -0.385. The van der Waals surface area contributed by atoms with Crippen LogP contribution in [0.3, 0.4) is 0 Å². The minimum absolute atomic E-state index is 0.125. The van der Waals surface area contributed by atoms with Crippen LogP contribution >= 0.6 is 0 Å². The van der Waals surface area contributed by atoms with Crippen molar-refractivity contribution in [1.29, 1.82) is 0 Å². The van der Waals surface area contributed by atoms with E-state index in [-0.39, 0.29) is 29.3 Å². The van der Waals surface area contributed by atoms with Crippen LogP contribution in [0.5, 0.6) is 0 Å². The molecule has 0 bridgehead atoms. The molecular formula is C21H18N4O4. The Kier molecular flexibility index (Phi) is 5.94. The highest BCUT2D eigenvalue weighted by atomic mass is 16.6. The second-order valence-corrected chi connectivity index (χ2v) is 6.25. The normalized spacial score (nSPS) is 10.2. The van der Waals surface area contributed by atoms with Crippen LogP contribution in [0.2, 0.25) is 0 Å². The molecule has 0 aliphatic carbocycles. The Hall–Kier alpha value is -4.07. The third-order valence-corrected chi connectivity index (χ3v) is 4.29. The topological polar surface area (TPSA) is 114 Å². The molecule has 0 radical (unpaired) electrons. The Balaban J connectivity index is 1.71. The molecule has 146 valence electrons. The van der Waals surface area contributed by atoms with Crippen molar-refractivity contribution in [3.63, 3.8) is 0 Å². The molecule has 0 unspecified atom stereocenters. The zero-order valence-electron chi connectivity index (χ0n) is 15.6. The van der Waals surface area contributed by atoms with Gasteiger partial charge < -0.3 is 10.6 Å². The molecule has 3 rings (SSSR count). The molecule has 8 heteroatoms. The summed E-state index contributed by atoms with van der Waals surface area (Å²) in [4.78, 5) is 39.6. The number of pyridine rings is 1. The molecule has 0 spiro atoms. The summed E-state index contributed by atoms with van der Waals surface area (Å²) in [5, 5.41) is 16.5. The van der Waals surface area contributed by atoms with E-state index in [0.29, 0.717) is 11.3 Å². The maximum absolute atomic E-state index is 12.6. The molecule has 0 aliphatic rings. The van der Waals surface area contributed by atoms with Crippen LogP contribution in [0.15, 0.2) is 66.9 Å². The average molecular weight is 390 g/mol. The minimum atomic E-state index is -0.529. The van der Waals surface area contributed by atoms with Crippen LogP contribution in [0.4, 0.5) is 11.4 Å². The number of carbonyl (C=O) groups is 2. The first-order valence-corrected chi connectivity index (χ1v) is 8.79. The molecule has 0 atom stereocenters. The van der Waals surface area contributed by atoms with Crippen molar-refractivity contribution >= 4 is 23.2 Å². The van der Waals surface area contributed by atoms with Gasteiger partial charge in [-0.3, -0.25) is 24.7 Å². The number of hydrogen-bond acceptors (Lipinski definition) is 5. The molecule has 29 heavy (non-hydrogen) atoms. The Morgan fingerprint density at radius 3 is 2.55 bits per heavy atom. The molecule has 3 aromatic rings. The molecule has 8 nitrogen and oxygen atoms in total. The first-order valence-electron chi connectivity index (χ1n) is 8.79. The summed E-state index contributed by atoms with van der Waals surface area (Å²) >= 11 is 0. The highest BCUT2D eigenvalue weighted by Gasteiger charge is 2.18. The molecule has 0 fully saturated rings. The fourth-order valence-electron chi connectivity index (χ4n) is 2.78. The first-order chi connectivity index (χ1) is 14.0. The van der Waals surface area contributed by atoms with E-state index in [1.165, 1.54) is 25.1 Å². The molecule has 2 amide bonds. The fourth-order valence-corrected chi connectivity index (χ4v) is 2.78. The SMILES string of the molecule is Cc1c(C(=O)Nc2cccc(C(=O)NCc3ccccn3)c2)cccc1[N+](=O)[O-]. The molecule has 0 aliphatic heterocycles. The van der Waals surface area contributed by atoms with Crippen molar-refractivity contribution in [2.75, 3.05) is 5.32 Å². The Morgan fingerprint density at radius 2 is 1.83 bits per heavy atom. The van der Waals surface area contributed by atoms with Crippen LogP contribution in [-0.2, 0) is 6.54 Å². The van der Waals surface area contributed by atoms with Gasteiger partial charge in [0.25, 0.3) is 17.5 Å². The monoisotopic (exact) mass is 390 g/mol. The summed E-state index contributed by atoms with van der Waals surface area (Å²) in [6.07, 6.45) is 1.65. The summed E-state index contributed by atoms with van der Waals surface area (Å²) in [5.41, 5.74) is 1.86. The number of nitrogens with one attached hydrogen (secondary N) is 2. The maximum Gasteiger partial charge on any atom is 0.273 e. The van der Waals surface area contributed by atoms with Gasteiger partial charge >= 0.3 is 0 Å². The van der Waals surface area contributed by atoms with Gasteiger partial charge in [-0.25, -0.2) is 0 Å². The molecule has 2 N–H and O–H groups in total. The van der Waals surface area contributed by atoms with Crippen LogP contribution in [0.25, 0.3) is 0 Å². The lowest BCUT2D eigenvalue weighted by Crippen LogP contribution is -2.23. The van der Waals surface area contributed by atoms with Crippen molar-refractivity contribution in [2.45, 2.75) is 13.5 Å². The number of nitro benzene ring substituents is 1. The largest absolute Gasteiger partial charge is 0.346 e. The van der Waals surface area contributed by atoms with Crippen molar-refractivity contribution < 1.29 is 14.5 Å². The van der Waals surface area contributed by atoms with E-state index in [2.05, 4.69) is 15.6 Å². The number of amides is 2. The van der Waals surface area contributed by atoms with E-state index >= 15 is 0 Å². The Labute approximate surface area is 166 Å². The van der Waals surface area contributed by atoms with Crippen molar-refractivity contribution in [2.24, 2.45) is 0 Å². The standard InChI is InChI=1S/C21H18N4O4/c1-14-18(9-5-10-19(14)25(28)29)21(27)24-16-8-4-6-15(12-16)20(26)23-13-17-7-2-3-11-22-17/h2-12H,13H2,1H3,(H,23,26)(H,24,27). The predicted molar refractivity (Wildman–Crippen MR) is 108 cm³/mol. The van der Waals surface area contributed by atoms with E-state index in [0.717, 1.165) is 5.69 Å². The zero-order valence-corrected chi connectivity index (χ0v) is 15.6. The summed E-state index contributed by atoms with van der Waals surface area (Å²) in [6.45, 7) is 1.80. The number of nitro groups is 1. The zero-order chi connectivity index (χ0) is 20.8. The average Bonchev–Trinajstić information content (AvgIpc) is 2.72. The highest BCUT2D eigenvalue weighted by molar-refractivity contribution is 6.06. The number of anilines is 1. The molecule has 1 aromatic heterocycles. The van der Waals surface area contributed by atoms with Gasteiger partial charge in [-0.2, -0.15) is 0 Å². The second-order valence-electron chi connectivity index (χ2n) is 6.25. The number of nitrogens with zero attached hydrogens (tertiary/aromatic N) is 2. The number of aromatic nitrogens is 1. The molecule has 1 heterocycles. The van der Waals surface area contributed by atoms with Gasteiger partial charge in [0, 0.05) is 34.6 Å². The minimum Gasteiger partial charge on any atom is -0.346 e. The van der Waals surface area contributed by atoms with E-state index in [1.807, 2.05) is 6.07 Å².